The first-order chi connectivity index (χ1) is 15.7. The van der Waals surface area contributed by atoms with Crippen LogP contribution in [-0.4, -0.2) is 69.9 Å². The third-order valence-electron chi connectivity index (χ3n) is 6.35. The molecule has 0 saturated carbocycles. The van der Waals surface area contributed by atoms with E-state index in [1.807, 2.05) is 26.8 Å². The minimum absolute atomic E-state index is 0.0657. The fourth-order valence-electron chi connectivity index (χ4n) is 4.50. The number of amides is 1. The van der Waals surface area contributed by atoms with Gasteiger partial charge in [-0.15, -0.1) is 0 Å². The zero-order valence-corrected chi connectivity index (χ0v) is 23.1. The van der Waals surface area contributed by atoms with Crippen LogP contribution in [0.15, 0.2) is 24.3 Å². The predicted molar refractivity (Wildman–Crippen MR) is 136 cm³/mol. The van der Waals surface area contributed by atoms with Crippen molar-refractivity contribution in [3.8, 4) is 0 Å². The number of likely N-dealkylation sites (tertiary alicyclic amines) is 1. The molecule has 34 heavy (non-hydrogen) atoms. The summed E-state index contributed by atoms with van der Waals surface area (Å²) in [5.41, 5.74) is 0.493. The maximum Gasteiger partial charge on any atom is 0.410 e. The van der Waals surface area contributed by atoms with Gasteiger partial charge < -0.3 is 19.5 Å². The molecule has 1 fully saturated rings. The highest BCUT2D eigenvalue weighted by atomic mass is 32.2. The van der Waals surface area contributed by atoms with Gasteiger partial charge in [-0.2, -0.15) is 0 Å². The zero-order valence-electron chi connectivity index (χ0n) is 21.3. The molecule has 2 aliphatic heterocycles. The van der Waals surface area contributed by atoms with Crippen molar-refractivity contribution in [3.05, 3.63) is 29.8 Å². The number of piperidine rings is 1. The summed E-state index contributed by atoms with van der Waals surface area (Å²) in [6, 6.07) is 8.03. The summed E-state index contributed by atoms with van der Waals surface area (Å²) in [4.78, 5) is 14.1. The quantitative estimate of drug-likeness (QED) is 0.453. The lowest BCUT2D eigenvalue weighted by molar-refractivity contribution is 0.0163. The van der Waals surface area contributed by atoms with Gasteiger partial charge in [-0.3, -0.25) is 0 Å². The number of fused-ring (bicyclic) bond motifs is 1. The maximum atomic E-state index is 13.8. The number of carbonyl (C=O) groups excluding carboxylic acids is 1. The molecule has 0 bridgehead atoms. The van der Waals surface area contributed by atoms with Gasteiger partial charge in [-0.05, 0) is 51.6 Å². The Morgan fingerprint density at radius 2 is 1.76 bits per heavy atom. The highest BCUT2D eigenvalue weighted by Gasteiger charge is 2.49. The molecule has 2 heterocycles. The van der Waals surface area contributed by atoms with Gasteiger partial charge in [-0.1, -0.05) is 37.8 Å². The summed E-state index contributed by atoms with van der Waals surface area (Å²) < 4.78 is 40.2. The molecule has 1 saturated heterocycles. The van der Waals surface area contributed by atoms with Crippen LogP contribution in [0, 0.1) is 5.92 Å². The van der Waals surface area contributed by atoms with Crippen LogP contribution < -0.4 is 4.31 Å². The smallest absolute Gasteiger partial charge is 0.410 e. The maximum absolute atomic E-state index is 13.8. The highest BCUT2D eigenvalue weighted by molar-refractivity contribution is 7.93. The lowest BCUT2D eigenvalue weighted by atomic mass is 9.88. The van der Waals surface area contributed by atoms with Crippen LogP contribution in [0.5, 0.6) is 0 Å². The molecule has 192 valence electrons. The third-order valence-corrected chi connectivity index (χ3v) is 10.3. The average molecular weight is 513 g/mol. The molecule has 1 amide bonds. The zero-order chi connectivity index (χ0) is 25.3. The molecule has 10 heteroatoms. The van der Waals surface area contributed by atoms with Crippen LogP contribution in [0.3, 0.4) is 0 Å². The summed E-state index contributed by atoms with van der Waals surface area (Å²) in [6.45, 7) is 13.4. The summed E-state index contributed by atoms with van der Waals surface area (Å²) in [7, 11) is -5.18. The van der Waals surface area contributed by atoms with Crippen molar-refractivity contribution in [2.24, 2.45) is 5.92 Å². The van der Waals surface area contributed by atoms with E-state index in [1.54, 1.807) is 23.1 Å². The number of hydrogen-bond donors (Lipinski definition) is 1. The monoisotopic (exact) mass is 512 g/mol. The van der Waals surface area contributed by atoms with E-state index in [9.17, 15) is 18.3 Å². The molecule has 0 aliphatic carbocycles. The minimum Gasteiger partial charge on any atom is -0.444 e. The Balaban J connectivity index is 1.77. The largest absolute Gasteiger partial charge is 0.444 e. The first-order valence-electron chi connectivity index (χ1n) is 12.0. The van der Waals surface area contributed by atoms with Gasteiger partial charge in [-0.25, -0.2) is 17.5 Å². The molecule has 0 spiro atoms. The molecule has 1 aromatic carbocycles. The van der Waals surface area contributed by atoms with Crippen LogP contribution in [-0.2, 0) is 19.5 Å². The number of aliphatic hydroxyl groups is 1. The van der Waals surface area contributed by atoms with Crippen molar-refractivity contribution in [1.82, 2.24) is 4.90 Å². The second-order valence-electron chi connectivity index (χ2n) is 11.5. The molecule has 8 nitrogen and oxygen atoms in total. The topological polar surface area (TPSA) is 96.4 Å². The molecule has 2 aliphatic rings. The SMILES string of the molecule is CC(C)(C)OC(=O)N1CCC(C2C(O)c3ccccc3N(COCC[Si](C)(C)C)S2(=O)=O)CC1. The van der Waals surface area contributed by atoms with E-state index in [1.165, 1.54) is 4.31 Å². The highest BCUT2D eigenvalue weighted by Crippen LogP contribution is 2.44. The van der Waals surface area contributed by atoms with Gasteiger partial charge in [0.1, 0.15) is 17.6 Å². The van der Waals surface area contributed by atoms with E-state index in [4.69, 9.17) is 9.47 Å². The molecule has 0 aromatic heterocycles. The summed E-state index contributed by atoms with van der Waals surface area (Å²) >= 11 is 0. The van der Waals surface area contributed by atoms with Crippen molar-refractivity contribution in [2.75, 3.05) is 30.7 Å². The third kappa shape index (κ3) is 6.33. The Morgan fingerprint density at radius 3 is 2.35 bits per heavy atom. The number of hydrogen-bond acceptors (Lipinski definition) is 6. The number of rotatable bonds is 6. The van der Waals surface area contributed by atoms with Crippen molar-refractivity contribution >= 4 is 29.9 Å². The van der Waals surface area contributed by atoms with E-state index in [0.29, 0.717) is 43.8 Å². The molecule has 2 unspecified atom stereocenters. The van der Waals surface area contributed by atoms with E-state index in [2.05, 4.69) is 19.6 Å². The molecule has 1 aromatic rings. The number of anilines is 1. The van der Waals surface area contributed by atoms with Crippen molar-refractivity contribution in [3.63, 3.8) is 0 Å². The normalized spacial score (nSPS) is 23.5. The summed E-state index contributed by atoms with van der Waals surface area (Å²) in [6.07, 6.45) is -0.558. The molecule has 1 N–H and O–H groups in total. The number of ether oxygens (including phenoxy) is 2. The Hall–Kier alpha value is -1.62. The van der Waals surface area contributed by atoms with Crippen molar-refractivity contribution in [2.45, 2.75) is 76.3 Å². The standard InChI is InChI=1S/C24H40N2O6SSi/c1-24(2,3)32-23(28)25-13-11-18(12-14-25)22-21(27)19-9-7-8-10-20(19)26(33(22,29)30)17-31-15-16-34(4,5)6/h7-10,18,21-22,27H,11-17H2,1-6H3. The molecule has 2 atom stereocenters. The first kappa shape index (κ1) is 27.0. The van der Waals surface area contributed by atoms with Crippen LogP contribution in [0.4, 0.5) is 10.5 Å². The number of para-hydroxylation sites is 1. The second-order valence-corrected chi connectivity index (χ2v) is 19.2. The van der Waals surface area contributed by atoms with Gasteiger partial charge in [0.15, 0.2) is 0 Å². The Morgan fingerprint density at radius 1 is 1.15 bits per heavy atom. The minimum atomic E-state index is -3.87. The fourth-order valence-corrected chi connectivity index (χ4v) is 7.44. The van der Waals surface area contributed by atoms with Crippen molar-refractivity contribution in [1.29, 1.82) is 0 Å². The van der Waals surface area contributed by atoms with Gasteiger partial charge in [0.25, 0.3) is 0 Å². The summed E-state index contributed by atoms with van der Waals surface area (Å²) in [5.74, 6) is -0.281. The van der Waals surface area contributed by atoms with Gasteiger partial charge >= 0.3 is 6.09 Å². The molecule has 3 rings (SSSR count). The van der Waals surface area contributed by atoms with E-state index in [0.717, 1.165) is 6.04 Å². The molecular formula is C24H40N2O6SSi. The van der Waals surface area contributed by atoms with E-state index >= 15 is 0 Å². The first-order valence-corrected chi connectivity index (χ1v) is 17.3. The fraction of sp³-hybridized carbons (Fsp3) is 0.708. The van der Waals surface area contributed by atoms with E-state index < -0.39 is 35.1 Å². The van der Waals surface area contributed by atoms with Gasteiger partial charge in [0.05, 0.1) is 11.8 Å². The lowest BCUT2D eigenvalue weighted by Crippen LogP contribution is -2.53. The van der Waals surface area contributed by atoms with Gasteiger partial charge in [0, 0.05) is 33.3 Å². The number of nitrogens with zero attached hydrogens (tertiary/aromatic N) is 2. The summed E-state index contributed by atoms with van der Waals surface area (Å²) in [5, 5.41) is 10.2. The molecular weight excluding hydrogens is 472 g/mol. The Labute approximate surface area is 205 Å². The number of carbonyl (C=O) groups is 1. The number of sulfonamides is 1. The average Bonchev–Trinajstić information content (AvgIpc) is 2.71. The lowest BCUT2D eigenvalue weighted by Gasteiger charge is -2.43. The Kier molecular flexibility index (Phi) is 8.06. The van der Waals surface area contributed by atoms with Gasteiger partial charge in [0.2, 0.25) is 10.0 Å². The van der Waals surface area contributed by atoms with Crippen LogP contribution in [0.2, 0.25) is 25.7 Å². The van der Waals surface area contributed by atoms with Crippen molar-refractivity contribution < 1.29 is 27.8 Å². The predicted octanol–water partition coefficient (Wildman–Crippen LogP) is 4.20. The Bertz CT molecular complexity index is 964. The van der Waals surface area contributed by atoms with Crippen LogP contribution >= 0.6 is 0 Å². The molecule has 0 radical (unpaired) electrons. The van der Waals surface area contributed by atoms with E-state index in [-0.39, 0.29) is 18.7 Å². The number of benzene rings is 1. The van der Waals surface area contributed by atoms with Crippen LogP contribution in [0.25, 0.3) is 0 Å². The number of aliphatic hydroxyl groups excluding tert-OH is 1. The van der Waals surface area contributed by atoms with Crippen LogP contribution in [0.1, 0.15) is 45.3 Å². The second kappa shape index (κ2) is 10.2.